The number of aromatic nitrogens is 2. The first-order valence-electron chi connectivity index (χ1n) is 11.4. The summed E-state index contributed by atoms with van der Waals surface area (Å²) in [6.45, 7) is 0.296. The Morgan fingerprint density at radius 2 is 1.57 bits per heavy atom. The molecular weight excluding hydrogens is 456 g/mol. The Labute approximate surface area is 205 Å². The zero-order chi connectivity index (χ0) is 23.8. The number of rotatable bonds is 6. The van der Waals surface area contributed by atoms with Crippen molar-refractivity contribution in [1.29, 1.82) is 0 Å². The molecule has 0 saturated heterocycles. The van der Waals surface area contributed by atoms with Crippen molar-refractivity contribution in [3.63, 3.8) is 0 Å². The van der Waals surface area contributed by atoms with Gasteiger partial charge < -0.3 is 9.52 Å². The first-order chi connectivity index (χ1) is 17.2. The summed E-state index contributed by atoms with van der Waals surface area (Å²) >= 11 is 1.36. The van der Waals surface area contributed by atoms with Crippen LogP contribution in [0.3, 0.4) is 0 Å². The molecule has 3 aromatic heterocycles. The third-order valence-corrected chi connectivity index (χ3v) is 7.28. The summed E-state index contributed by atoms with van der Waals surface area (Å²) in [5.74, 6) is 1.54. The van der Waals surface area contributed by atoms with Gasteiger partial charge in [0.15, 0.2) is 0 Å². The highest BCUT2D eigenvalue weighted by molar-refractivity contribution is 7.25. The van der Waals surface area contributed by atoms with Crippen LogP contribution in [0.4, 0.5) is 0 Å². The van der Waals surface area contributed by atoms with Gasteiger partial charge >= 0.3 is 0 Å². The lowest BCUT2D eigenvalue weighted by molar-refractivity contribution is 0.482. The minimum absolute atomic E-state index is 0.125. The molecule has 0 unspecified atom stereocenters. The van der Waals surface area contributed by atoms with Crippen molar-refractivity contribution >= 4 is 31.6 Å². The molecule has 0 fully saturated rings. The van der Waals surface area contributed by atoms with Gasteiger partial charge in [-0.05, 0) is 47.4 Å². The SMILES string of the molecule is O=c1c2c(nc(Cc3ccccc3)n1Cc1ccco1)sc1c(O)cc(Cc3ccccc3)cc12. The van der Waals surface area contributed by atoms with Gasteiger partial charge in [-0.1, -0.05) is 60.7 Å². The number of furan rings is 1. The highest BCUT2D eigenvalue weighted by Gasteiger charge is 2.19. The first-order valence-corrected chi connectivity index (χ1v) is 12.3. The minimum Gasteiger partial charge on any atom is -0.506 e. The van der Waals surface area contributed by atoms with Crippen LogP contribution in [0.2, 0.25) is 0 Å². The van der Waals surface area contributed by atoms with Crippen LogP contribution in [0.5, 0.6) is 5.75 Å². The molecule has 172 valence electrons. The van der Waals surface area contributed by atoms with Gasteiger partial charge in [0.05, 0.1) is 22.9 Å². The average molecular weight is 479 g/mol. The molecule has 0 bridgehead atoms. The Morgan fingerprint density at radius 3 is 2.26 bits per heavy atom. The largest absolute Gasteiger partial charge is 0.506 e. The smallest absolute Gasteiger partial charge is 0.263 e. The lowest BCUT2D eigenvalue weighted by atomic mass is 10.0. The standard InChI is InChI=1S/C29H22N2O3S/c32-24-16-21(14-19-8-3-1-4-9-19)15-23-26-28(35-27(23)24)30-25(17-20-10-5-2-6-11-20)31(29(26)33)18-22-12-7-13-34-22/h1-13,15-16,32H,14,17-18H2. The van der Waals surface area contributed by atoms with E-state index in [4.69, 9.17) is 9.40 Å². The summed E-state index contributed by atoms with van der Waals surface area (Å²) < 4.78 is 7.94. The number of benzene rings is 3. The lowest BCUT2D eigenvalue weighted by Crippen LogP contribution is -2.25. The summed E-state index contributed by atoms with van der Waals surface area (Å²) in [4.78, 5) is 19.5. The van der Waals surface area contributed by atoms with Gasteiger partial charge in [-0.3, -0.25) is 9.36 Å². The topological polar surface area (TPSA) is 68.3 Å². The first kappa shape index (κ1) is 21.4. The van der Waals surface area contributed by atoms with E-state index in [2.05, 4.69) is 12.1 Å². The molecule has 0 amide bonds. The van der Waals surface area contributed by atoms with Crippen molar-refractivity contribution in [2.75, 3.05) is 0 Å². The molecule has 6 aromatic rings. The zero-order valence-corrected chi connectivity index (χ0v) is 19.7. The van der Waals surface area contributed by atoms with E-state index in [1.54, 1.807) is 16.9 Å². The van der Waals surface area contributed by atoms with Crippen molar-refractivity contribution in [1.82, 2.24) is 9.55 Å². The molecule has 3 heterocycles. The van der Waals surface area contributed by atoms with E-state index < -0.39 is 0 Å². The summed E-state index contributed by atoms with van der Waals surface area (Å²) in [5, 5.41) is 12.1. The number of thiophene rings is 1. The fourth-order valence-corrected chi connectivity index (χ4v) is 5.59. The van der Waals surface area contributed by atoms with Gasteiger partial charge in [-0.15, -0.1) is 11.3 Å². The highest BCUT2D eigenvalue weighted by Crippen LogP contribution is 2.38. The molecule has 6 heteroatoms. The van der Waals surface area contributed by atoms with Crippen LogP contribution in [0.1, 0.15) is 28.3 Å². The minimum atomic E-state index is -0.125. The third kappa shape index (κ3) is 4.13. The molecule has 6 rings (SSSR count). The molecular formula is C29H22N2O3S. The van der Waals surface area contributed by atoms with Crippen LogP contribution in [0, 0.1) is 0 Å². The van der Waals surface area contributed by atoms with Crippen LogP contribution in [0.15, 0.2) is 100 Å². The van der Waals surface area contributed by atoms with Crippen LogP contribution in [-0.2, 0) is 19.4 Å². The molecule has 0 saturated carbocycles. The molecule has 0 spiro atoms. The molecule has 0 aliphatic carbocycles. The summed E-state index contributed by atoms with van der Waals surface area (Å²) in [6.07, 6.45) is 2.80. The van der Waals surface area contributed by atoms with Gasteiger partial charge in [0, 0.05) is 11.8 Å². The van der Waals surface area contributed by atoms with Gasteiger partial charge in [-0.2, -0.15) is 0 Å². The number of hydrogen-bond acceptors (Lipinski definition) is 5. The third-order valence-electron chi connectivity index (χ3n) is 6.16. The van der Waals surface area contributed by atoms with Gasteiger partial charge in [-0.25, -0.2) is 4.98 Å². The fraction of sp³-hybridized carbons (Fsp3) is 0.103. The number of phenols is 1. The van der Waals surface area contributed by atoms with E-state index in [0.717, 1.165) is 22.1 Å². The van der Waals surface area contributed by atoms with Crippen molar-refractivity contribution in [3.8, 4) is 5.75 Å². The molecule has 0 aliphatic heterocycles. The Morgan fingerprint density at radius 1 is 0.857 bits per heavy atom. The second-order valence-corrected chi connectivity index (χ2v) is 9.60. The second kappa shape index (κ2) is 8.89. The Kier molecular flexibility index (Phi) is 5.43. The van der Waals surface area contributed by atoms with Gasteiger partial charge in [0.25, 0.3) is 5.56 Å². The van der Waals surface area contributed by atoms with Gasteiger partial charge in [0.1, 0.15) is 22.2 Å². The monoisotopic (exact) mass is 478 g/mol. The maximum absolute atomic E-state index is 13.9. The average Bonchev–Trinajstić information content (AvgIpc) is 3.51. The van der Waals surface area contributed by atoms with Crippen LogP contribution in [0.25, 0.3) is 20.3 Å². The molecule has 0 atom stereocenters. The molecule has 1 N–H and O–H groups in total. The van der Waals surface area contributed by atoms with E-state index in [0.29, 0.717) is 45.9 Å². The normalized spacial score (nSPS) is 11.4. The van der Waals surface area contributed by atoms with Gasteiger partial charge in [0.2, 0.25) is 0 Å². The summed E-state index contributed by atoms with van der Waals surface area (Å²) in [7, 11) is 0. The predicted molar refractivity (Wildman–Crippen MR) is 139 cm³/mol. The van der Waals surface area contributed by atoms with E-state index in [-0.39, 0.29) is 11.3 Å². The Hall–Kier alpha value is -4.16. The number of nitrogens with zero attached hydrogens (tertiary/aromatic N) is 2. The molecule has 0 aliphatic rings. The maximum atomic E-state index is 13.9. The van der Waals surface area contributed by atoms with Crippen LogP contribution in [-0.4, -0.2) is 14.7 Å². The number of phenolic OH excluding ortho intramolecular Hbond substituents is 1. The highest BCUT2D eigenvalue weighted by atomic mass is 32.1. The quantitative estimate of drug-likeness (QED) is 0.312. The molecule has 3 aromatic carbocycles. The molecule has 0 radical (unpaired) electrons. The van der Waals surface area contributed by atoms with E-state index in [1.807, 2.05) is 66.7 Å². The lowest BCUT2D eigenvalue weighted by Gasteiger charge is -2.12. The summed E-state index contributed by atoms with van der Waals surface area (Å²) in [6, 6.07) is 27.6. The van der Waals surface area contributed by atoms with Crippen molar-refractivity contribution in [2.24, 2.45) is 0 Å². The van der Waals surface area contributed by atoms with Crippen molar-refractivity contribution < 1.29 is 9.52 Å². The molecule has 35 heavy (non-hydrogen) atoms. The van der Waals surface area contributed by atoms with Crippen LogP contribution < -0.4 is 5.56 Å². The number of fused-ring (bicyclic) bond motifs is 3. The zero-order valence-electron chi connectivity index (χ0n) is 18.8. The maximum Gasteiger partial charge on any atom is 0.263 e. The summed E-state index contributed by atoms with van der Waals surface area (Å²) in [5.41, 5.74) is 3.04. The molecule has 5 nitrogen and oxygen atoms in total. The Balaban J connectivity index is 1.54. The van der Waals surface area contributed by atoms with Crippen LogP contribution >= 0.6 is 11.3 Å². The second-order valence-electron chi connectivity index (χ2n) is 8.60. The van der Waals surface area contributed by atoms with E-state index in [9.17, 15) is 9.90 Å². The number of aromatic hydroxyl groups is 1. The van der Waals surface area contributed by atoms with E-state index in [1.165, 1.54) is 11.3 Å². The Bertz CT molecular complexity index is 1690. The fourth-order valence-electron chi connectivity index (χ4n) is 4.51. The number of hydrogen-bond donors (Lipinski definition) is 1. The predicted octanol–water partition coefficient (Wildman–Crippen LogP) is 6.14. The van der Waals surface area contributed by atoms with Crippen molar-refractivity contribution in [3.05, 3.63) is 130 Å². The van der Waals surface area contributed by atoms with Crippen molar-refractivity contribution in [2.45, 2.75) is 19.4 Å². The van der Waals surface area contributed by atoms with E-state index >= 15 is 0 Å².